The number of pyridine rings is 1. The van der Waals surface area contributed by atoms with Crippen LogP contribution in [0.4, 0.5) is 5.82 Å². The SMILES string of the molecule is COC(=O)c1cc(Br)cnc1N1CCC(N)C(C)(C)C1. The first-order valence-corrected chi connectivity index (χ1v) is 7.39. The van der Waals surface area contributed by atoms with E-state index in [0.717, 1.165) is 24.0 Å². The van der Waals surface area contributed by atoms with E-state index in [1.807, 2.05) is 0 Å². The Morgan fingerprint density at radius 1 is 1.60 bits per heavy atom. The smallest absolute Gasteiger partial charge is 0.341 e. The molecule has 1 fully saturated rings. The second-order valence-electron chi connectivity index (χ2n) is 5.82. The van der Waals surface area contributed by atoms with Crippen LogP contribution in [0.1, 0.15) is 30.6 Å². The summed E-state index contributed by atoms with van der Waals surface area (Å²) < 4.78 is 5.60. The van der Waals surface area contributed by atoms with Gasteiger partial charge in [-0.15, -0.1) is 0 Å². The number of anilines is 1. The van der Waals surface area contributed by atoms with E-state index in [0.29, 0.717) is 11.4 Å². The summed E-state index contributed by atoms with van der Waals surface area (Å²) in [6.45, 7) is 5.84. The molecule has 0 aliphatic carbocycles. The fourth-order valence-corrected chi connectivity index (χ4v) is 2.83. The zero-order valence-electron chi connectivity index (χ0n) is 12.0. The van der Waals surface area contributed by atoms with Gasteiger partial charge in [-0.05, 0) is 33.8 Å². The highest BCUT2D eigenvalue weighted by Crippen LogP contribution is 2.32. The Balaban J connectivity index is 2.35. The number of methoxy groups -OCH3 is 1. The van der Waals surface area contributed by atoms with Crippen molar-refractivity contribution in [2.75, 3.05) is 25.1 Å². The van der Waals surface area contributed by atoms with Gasteiger partial charge in [0.1, 0.15) is 11.4 Å². The van der Waals surface area contributed by atoms with E-state index in [9.17, 15) is 4.79 Å². The van der Waals surface area contributed by atoms with Gasteiger partial charge in [-0.1, -0.05) is 13.8 Å². The molecule has 2 heterocycles. The Hall–Kier alpha value is -1.14. The zero-order chi connectivity index (χ0) is 14.9. The Labute approximate surface area is 127 Å². The van der Waals surface area contributed by atoms with Crippen molar-refractivity contribution in [3.8, 4) is 0 Å². The lowest BCUT2D eigenvalue weighted by molar-refractivity contribution is 0.0600. The first-order chi connectivity index (χ1) is 9.35. The number of esters is 1. The topological polar surface area (TPSA) is 68.5 Å². The number of halogens is 1. The van der Waals surface area contributed by atoms with Crippen molar-refractivity contribution in [3.05, 3.63) is 22.3 Å². The molecule has 1 aliphatic heterocycles. The molecule has 2 N–H and O–H groups in total. The number of nitrogens with two attached hydrogens (primary N) is 1. The van der Waals surface area contributed by atoms with Crippen LogP contribution in [-0.4, -0.2) is 37.2 Å². The number of hydrogen-bond acceptors (Lipinski definition) is 5. The zero-order valence-corrected chi connectivity index (χ0v) is 13.6. The second kappa shape index (κ2) is 5.69. The van der Waals surface area contributed by atoms with Gasteiger partial charge in [0.05, 0.1) is 7.11 Å². The van der Waals surface area contributed by atoms with Gasteiger partial charge in [0.25, 0.3) is 0 Å². The Morgan fingerprint density at radius 3 is 2.90 bits per heavy atom. The molecule has 1 aromatic heterocycles. The molecule has 0 saturated carbocycles. The monoisotopic (exact) mass is 341 g/mol. The molecular weight excluding hydrogens is 322 g/mol. The third-order valence-electron chi connectivity index (χ3n) is 3.85. The van der Waals surface area contributed by atoms with Gasteiger partial charge in [0.15, 0.2) is 0 Å². The molecule has 0 amide bonds. The summed E-state index contributed by atoms with van der Waals surface area (Å²) in [6, 6.07) is 1.91. The fraction of sp³-hybridized carbons (Fsp3) is 0.571. The highest BCUT2D eigenvalue weighted by Gasteiger charge is 2.35. The maximum Gasteiger partial charge on any atom is 0.341 e. The average molecular weight is 342 g/mol. The molecule has 110 valence electrons. The lowest BCUT2D eigenvalue weighted by Crippen LogP contribution is -2.53. The van der Waals surface area contributed by atoms with Gasteiger partial charge in [-0.2, -0.15) is 0 Å². The maximum atomic E-state index is 11.9. The molecule has 5 nitrogen and oxygen atoms in total. The van der Waals surface area contributed by atoms with E-state index in [2.05, 4.69) is 39.7 Å². The van der Waals surface area contributed by atoms with Crippen molar-refractivity contribution in [3.63, 3.8) is 0 Å². The van der Waals surface area contributed by atoms with Crippen LogP contribution in [0.3, 0.4) is 0 Å². The third-order valence-corrected chi connectivity index (χ3v) is 4.28. The number of piperidine rings is 1. The number of nitrogens with zero attached hydrogens (tertiary/aromatic N) is 2. The first kappa shape index (κ1) is 15.3. The Morgan fingerprint density at radius 2 is 2.30 bits per heavy atom. The van der Waals surface area contributed by atoms with E-state index in [-0.39, 0.29) is 17.4 Å². The van der Waals surface area contributed by atoms with Gasteiger partial charge in [0.2, 0.25) is 0 Å². The van der Waals surface area contributed by atoms with E-state index in [1.54, 1.807) is 12.3 Å². The molecule has 2 rings (SSSR count). The van der Waals surface area contributed by atoms with Crippen LogP contribution in [0.25, 0.3) is 0 Å². The fourth-order valence-electron chi connectivity index (χ4n) is 2.50. The normalized spacial score (nSPS) is 21.6. The number of rotatable bonds is 2. The average Bonchev–Trinajstić information content (AvgIpc) is 2.41. The Kier molecular flexibility index (Phi) is 4.34. The van der Waals surface area contributed by atoms with Crippen LogP contribution in [0.5, 0.6) is 0 Å². The summed E-state index contributed by atoms with van der Waals surface area (Å²) in [4.78, 5) is 18.4. The predicted octanol–water partition coefficient (Wildman–Crippen LogP) is 2.19. The Bertz CT molecular complexity index is 519. The molecule has 6 heteroatoms. The molecule has 1 saturated heterocycles. The molecule has 1 aromatic rings. The van der Waals surface area contributed by atoms with Gasteiger partial charge in [0, 0.05) is 29.8 Å². The molecule has 0 aromatic carbocycles. The first-order valence-electron chi connectivity index (χ1n) is 6.59. The van der Waals surface area contributed by atoms with Crippen molar-refractivity contribution < 1.29 is 9.53 Å². The van der Waals surface area contributed by atoms with E-state index >= 15 is 0 Å². The van der Waals surface area contributed by atoms with Gasteiger partial charge in [-0.3, -0.25) is 0 Å². The number of carbonyl (C=O) groups is 1. The lowest BCUT2D eigenvalue weighted by atomic mass is 9.79. The number of hydrogen-bond donors (Lipinski definition) is 1. The number of carbonyl (C=O) groups excluding carboxylic acids is 1. The summed E-state index contributed by atoms with van der Waals surface area (Å²) in [5.74, 6) is 0.293. The molecule has 20 heavy (non-hydrogen) atoms. The molecule has 1 atom stereocenters. The van der Waals surface area contributed by atoms with Crippen LogP contribution in [-0.2, 0) is 4.74 Å². The van der Waals surface area contributed by atoms with E-state index < -0.39 is 0 Å². The van der Waals surface area contributed by atoms with E-state index in [4.69, 9.17) is 10.5 Å². The van der Waals surface area contributed by atoms with Crippen molar-refractivity contribution in [1.29, 1.82) is 0 Å². The van der Waals surface area contributed by atoms with Crippen molar-refractivity contribution in [2.45, 2.75) is 26.3 Å². The third kappa shape index (κ3) is 2.96. The summed E-state index contributed by atoms with van der Waals surface area (Å²) >= 11 is 3.34. The largest absolute Gasteiger partial charge is 0.465 e. The minimum atomic E-state index is -0.374. The van der Waals surface area contributed by atoms with E-state index in [1.165, 1.54) is 7.11 Å². The van der Waals surface area contributed by atoms with Gasteiger partial charge < -0.3 is 15.4 Å². The maximum absolute atomic E-state index is 11.9. The molecule has 1 aliphatic rings. The standard InChI is InChI=1S/C14H20BrN3O2/c1-14(2)8-18(5-4-11(14)16)12-10(13(19)20-3)6-9(15)7-17-12/h6-7,11H,4-5,8,16H2,1-3H3. The van der Waals surface area contributed by atoms with Gasteiger partial charge >= 0.3 is 5.97 Å². The van der Waals surface area contributed by atoms with Crippen LogP contribution in [0.2, 0.25) is 0 Å². The molecule has 0 bridgehead atoms. The number of ether oxygens (including phenoxy) is 1. The molecular formula is C14H20BrN3O2. The van der Waals surface area contributed by atoms with Crippen LogP contribution < -0.4 is 10.6 Å². The molecule has 0 spiro atoms. The summed E-state index contributed by atoms with van der Waals surface area (Å²) in [5.41, 5.74) is 6.62. The van der Waals surface area contributed by atoms with Crippen LogP contribution in [0, 0.1) is 5.41 Å². The quantitative estimate of drug-likeness (QED) is 0.835. The van der Waals surface area contributed by atoms with Gasteiger partial charge in [-0.25, -0.2) is 9.78 Å². The lowest BCUT2D eigenvalue weighted by Gasteiger charge is -2.43. The summed E-state index contributed by atoms with van der Waals surface area (Å²) in [7, 11) is 1.38. The number of aromatic nitrogens is 1. The van der Waals surface area contributed by atoms with Crippen molar-refractivity contribution >= 4 is 27.7 Å². The van der Waals surface area contributed by atoms with Crippen LogP contribution >= 0.6 is 15.9 Å². The summed E-state index contributed by atoms with van der Waals surface area (Å²) in [5, 5.41) is 0. The van der Waals surface area contributed by atoms with Crippen molar-refractivity contribution in [1.82, 2.24) is 4.98 Å². The van der Waals surface area contributed by atoms with Crippen LogP contribution in [0.15, 0.2) is 16.7 Å². The molecule has 1 unspecified atom stereocenters. The minimum absolute atomic E-state index is 0.0135. The minimum Gasteiger partial charge on any atom is -0.465 e. The summed E-state index contributed by atoms with van der Waals surface area (Å²) in [6.07, 6.45) is 2.58. The van der Waals surface area contributed by atoms with Crippen molar-refractivity contribution in [2.24, 2.45) is 11.1 Å². The highest BCUT2D eigenvalue weighted by atomic mass is 79.9. The second-order valence-corrected chi connectivity index (χ2v) is 6.74. The highest BCUT2D eigenvalue weighted by molar-refractivity contribution is 9.10. The predicted molar refractivity (Wildman–Crippen MR) is 81.9 cm³/mol. The molecule has 0 radical (unpaired) electrons.